The molecule has 0 saturated heterocycles. The zero-order valence-corrected chi connectivity index (χ0v) is 16.7. The van der Waals surface area contributed by atoms with Crippen molar-refractivity contribution in [3.63, 3.8) is 0 Å². The molecule has 3 rings (SSSR count). The average Bonchev–Trinajstić information content (AvgIpc) is 2.74. The molecule has 0 bridgehead atoms. The van der Waals surface area contributed by atoms with E-state index in [0.717, 1.165) is 23.3 Å². The van der Waals surface area contributed by atoms with Gasteiger partial charge in [0.05, 0.1) is 19.9 Å². The van der Waals surface area contributed by atoms with Gasteiger partial charge in [-0.15, -0.1) is 10.2 Å². The molecule has 7 nitrogen and oxygen atoms in total. The molecule has 3 aromatic rings. The lowest BCUT2D eigenvalue weighted by Gasteiger charge is -2.11. The van der Waals surface area contributed by atoms with Crippen molar-refractivity contribution in [1.82, 2.24) is 10.2 Å². The Kier molecular flexibility index (Phi) is 6.63. The van der Waals surface area contributed by atoms with Gasteiger partial charge in [-0.05, 0) is 60.9 Å². The van der Waals surface area contributed by atoms with Crippen LogP contribution >= 0.6 is 0 Å². The maximum absolute atomic E-state index is 12.5. The van der Waals surface area contributed by atoms with Gasteiger partial charge in [-0.3, -0.25) is 4.79 Å². The molecule has 29 heavy (non-hydrogen) atoms. The summed E-state index contributed by atoms with van der Waals surface area (Å²) in [5.74, 6) is 1.69. The first-order chi connectivity index (χ1) is 14.1. The quantitative estimate of drug-likeness (QED) is 0.608. The van der Waals surface area contributed by atoms with Crippen molar-refractivity contribution >= 4 is 17.4 Å². The van der Waals surface area contributed by atoms with E-state index in [-0.39, 0.29) is 11.6 Å². The van der Waals surface area contributed by atoms with Crippen molar-refractivity contribution in [1.29, 1.82) is 0 Å². The molecule has 0 saturated carbocycles. The lowest BCUT2D eigenvalue weighted by molar-refractivity contribution is 0.102. The second-order valence-corrected chi connectivity index (χ2v) is 6.49. The molecule has 2 aromatic carbocycles. The number of nitrogens with one attached hydrogen (secondary N) is 2. The Morgan fingerprint density at radius 3 is 2.59 bits per heavy atom. The van der Waals surface area contributed by atoms with E-state index < -0.39 is 0 Å². The Morgan fingerprint density at radius 1 is 1.00 bits per heavy atom. The Hall–Kier alpha value is -3.61. The molecule has 1 amide bonds. The number of aryl methyl sites for hydroxylation is 1. The number of benzene rings is 2. The number of carbonyl (C=O) groups excluding carboxylic acids is 1. The Labute approximate surface area is 170 Å². The first kappa shape index (κ1) is 20.1. The van der Waals surface area contributed by atoms with E-state index in [9.17, 15) is 4.79 Å². The summed E-state index contributed by atoms with van der Waals surface area (Å²) in [5.41, 5.74) is 3.00. The van der Waals surface area contributed by atoms with Gasteiger partial charge in [0.15, 0.2) is 5.69 Å². The van der Waals surface area contributed by atoms with Crippen molar-refractivity contribution < 1.29 is 14.3 Å². The normalized spacial score (nSPS) is 10.3. The van der Waals surface area contributed by atoms with Crippen LogP contribution in [0.25, 0.3) is 0 Å². The summed E-state index contributed by atoms with van der Waals surface area (Å²) in [6.07, 6.45) is 0.814. The van der Waals surface area contributed by atoms with Crippen molar-refractivity contribution in [3.8, 4) is 11.5 Å². The monoisotopic (exact) mass is 392 g/mol. The van der Waals surface area contributed by atoms with Crippen molar-refractivity contribution in [2.75, 3.05) is 31.4 Å². The van der Waals surface area contributed by atoms with Gasteiger partial charge in [-0.1, -0.05) is 18.2 Å². The van der Waals surface area contributed by atoms with E-state index in [2.05, 4.69) is 20.8 Å². The third-order valence-corrected chi connectivity index (χ3v) is 4.35. The molecule has 1 aromatic heterocycles. The van der Waals surface area contributed by atoms with E-state index in [1.54, 1.807) is 26.4 Å². The van der Waals surface area contributed by atoms with E-state index in [1.165, 1.54) is 0 Å². The molecule has 0 fully saturated rings. The number of ether oxygens (including phenoxy) is 2. The average molecular weight is 392 g/mol. The predicted octanol–water partition coefficient (Wildman–Crippen LogP) is 3.71. The fourth-order valence-electron chi connectivity index (χ4n) is 2.82. The highest BCUT2D eigenvalue weighted by Gasteiger charge is 2.12. The smallest absolute Gasteiger partial charge is 0.276 e. The number of nitrogens with zero attached hydrogens (tertiary/aromatic N) is 2. The predicted molar refractivity (Wildman–Crippen MR) is 113 cm³/mol. The molecule has 0 aliphatic heterocycles. The molecule has 0 spiro atoms. The summed E-state index contributed by atoms with van der Waals surface area (Å²) >= 11 is 0. The first-order valence-electron chi connectivity index (χ1n) is 9.25. The van der Waals surface area contributed by atoms with Crippen LogP contribution < -0.4 is 20.1 Å². The maximum Gasteiger partial charge on any atom is 0.276 e. The molecule has 0 aliphatic rings. The zero-order chi connectivity index (χ0) is 20.6. The number of hydrogen-bond donors (Lipinski definition) is 2. The maximum atomic E-state index is 12.5. The lowest BCUT2D eigenvalue weighted by Crippen LogP contribution is -2.16. The highest BCUT2D eigenvalue weighted by atomic mass is 16.5. The van der Waals surface area contributed by atoms with Crippen LogP contribution in [0.1, 0.15) is 21.6 Å². The summed E-state index contributed by atoms with van der Waals surface area (Å²) in [4.78, 5) is 12.5. The van der Waals surface area contributed by atoms with Crippen LogP contribution in [0.2, 0.25) is 0 Å². The number of hydrogen-bond acceptors (Lipinski definition) is 6. The third-order valence-electron chi connectivity index (χ3n) is 4.35. The molecule has 1 heterocycles. The second kappa shape index (κ2) is 9.54. The summed E-state index contributed by atoms with van der Waals surface area (Å²) in [5, 5.41) is 14.1. The van der Waals surface area contributed by atoms with Crippen molar-refractivity contribution in [2.45, 2.75) is 13.3 Å². The highest BCUT2D eigenvalue weighted by Crippen LogP contribution is 2.25. The summed E-state index contributed by atoms with van der Waals surface area (Å²) in [6.45, 7) is 2.63. The molecule has 0 radical (unpaired) electrons. The molecule has 150 valence electrons. The lowest BCUT2D eigenvalue weighted by atomic mass is 10.1. The van der Waals surface area contributed by atoms with Crippen molar-refractivity contribution in [3.05, 3.63) is 71.4 Å². The van der Waals surface area contributed by atoms with Gasteiger partial charge in [0.1, 0.15) is 17.3 Å². The number of methoxy groups -OCH3 is 2. The number of carbonyl (C=O) groups is 1. The van der Waals surface area contributed by atoms with E-state index in [4.69, 9.17) is 9.47 Å². The highest BCUT2D eigenvalue weighted by molar-refractivity contribution is 6.03. The molecule has 0 atom stereocenters. The fourth-order valence-corrected chi connectivity index (χ4v) is 2.82. The minimum absolute atomic E-state index is 0.229. The third kappa shape index (κ3) is 5.44. The zero-order valence-electron chi connectivity index (χ0n) is 16.7. The molecule has 7 heteroatoms. The van der Waals surface area contributed by atoms with Crippen LogP contribution in [0.15, 0.2) is 54.6 Å². The van der Waals surface area contributed by atoms with E-state index >= 15 is 0 Å². The van der Waals surface area contributed by atoms with Crippen LogP contribution in [-0.2, 0) is 6.42 Å². The minimum atomic E-state index is -0.343. The van der Waals surface area contributed by atoms with Crippen LogP contribution in [0.5, 0.6) is 11.5 Å². The molecule has 0 unspecified atom stereocenters. The number of amides is 1. The molecular formula is C22H24N4O3. The Bertz CT molecular complexity index is 974. The molecule has 2 N–H and O–H groups in total. The Balaban J connectivity index is 1.57. The summed E-state index contributed by atoms with van der Waals surface area (Å²) < 4.78 is 10.5. The second-order valence-electron chi connectivity index (χ2n) is 6.49. The summed E-state index contributed by atoms with van der Waals surface area (Å²) in [6, 6.07) is 16.9. The fraction of sp³-hybridized carbons (Fsp3) is 0.227. The summed E-state index contributed by atoms with van der Waals surface area (Å²) in [7, 11) is 3.21. The van der Waals surface area contributed by atoms with Gasteiger partial charge < -0.3 is 20.1 Å². The largest absolute Gasteiger partial charge is 0.497 e. The van der Waals surface area contributed by atoms with Crippen LogP contribution in [0.3, 0.4) is 0 Å². The van der Waals surface area contributed by atoms with E-state index in [0.29, 0.717) is 23.8 Å². The Morgan fingerprint density at radius 2 is 1.86 bits per heavy atom. The molecular weight excluding hydrogens is 368 g/mol. The standard InChI is InChI=1S/C22H24N4O3/c1-15-7-9-20(29-3)19(13-15)24-22(27)18-8-10-21(26-25-18)23-12-11-16-5-4-6-17(14-16)28-2/h4-10,13-14H,11-12H2,1-3H3,(H,23,26)(H,24,27). The van der Waals surface area contributed by atoms with Crippen LogP contribution in [0, 0.1) is 6.92 Å². The van der Waals surface area contributed by atoms with Gasteiger partial charge in [0.25, 0.3) is 5.91 Å². The van der Waals surface area contributed by atoms with Gasteiger partial charge in [-0.25, -0.2) is 0 Å². The minimum Gasteiger partial charge on any atom is -0.497 e. The topological polar surface area (TPSA) is 85.4 Å². The van der Waals surface area contributed by atoms with Crippen LogP contribution in [0.4, 0.5) is 11.5 Å². The molecule has 0 aliphatic carbocycles. The van der Waals surface area contributed by atoms with Gasteiger partial charge in [-0.2, -0.15) is 0 Å². The number of rotatable bonds is 8. The number of aromatic nitrogens is 2. The van der Waals surface area contributed by atoms with Gasteiger partial charge in [0, 0.05) is 6.54 Å². The van der Waals surface area contributed by atoms with Gasteiger partial charge in [0.2, 0.25) is 0 Å². The van der Waals surface area contributed by atoms with Crippen molar-refractivity contribution in [2.24, 2.45) is 0 Å². The SMILES string of the molecule is COc1cccc(CCNc2ccc(C(=O)Nc3cc(C)ccc3OC)nn2)c1. The van der Waals surface area contributed by atoms with Gasteiger partial charge >= 0.3 is 0 Å². The number of anilines is 2. The van der Waals surface area contributed by atoms with E-state index in [1.807, 2.05) is 49.4 Å². The van der Waals surface area contributed by atoms with Crippen LogP contribution in [-0.4, -0.2) is 36.9 Å². The first-order valence-corrected chi connectivity index (χ1v) is 9.25.